The number of benzene rings is 2. The summed E-state index contributed by atoms with van der Waals surface area (Å²) >= 11 is 0. The van der Waals surface area contributed by atoms with E-state index in [-0.39, 0.29) is 11.8 Å². The van der Waals surface area contributed by atoms with Crippen LogP contribution in [0.1, 0.15) is 21.5 Å². The van der Waals surface area contributed by atoms with Crippen molar-refractivity contribution < 1.29 is 9.59 Å². The number of nitrogens with zero attached hydrogens (tertiary/aromatic N) is 1. The molecule has 0 aliphatic rings. The molecule has 0 aliphatic carbocycles. The average Bonchev–Trinajstić information content (AvgIpc) is 2.50. The Labute approximate surface area is 142 Å². The third-order valence-electron chi connectivity index (χ3n) is 3.61. The number of nitrogens with one attached hydrogen (secondary N) is 2. The molecule has 5 heteroatoms. The molecule has 0 atom stereocenters. The zero-order chi connectivity index (χ0) is 17.7. The molecule has 2 aromatic carbocycles. The first-order valence-electron chi connectivity index (χ1n) is 7.79. The number of amides is 2. The Morgan fingerprint density at radius 1 is 0.917 bits per heavy atom. The van der Waals surface area contributed by atoms with Crippen molar-refractivity contribution in [3.63, 3.8) is 0 Å². The predicted molar refractivity (Wildman–Crippen MR) is 97.5 cm³/mol. The second-order valence-corrected chi connectivity index (χ2v) is 6.08. The number of hydrogen-bond acceptors (Lipinski definition) is 3. The van der Waals surface area contributed by atoms with Gasteiger partial charge in [0.15, 0.2) is 0 Å². The Hall–Kier alpha value is -2.66. The van der Waals surface area contributed by atoms with Gasteiger partial charge in [0.25, 0.3) is 5.91 Å². The Balaban J connectivity index is 2.05. The molecule has 24 heavy (non-hydrogen) atoms. The Morgan fingerprint density at radius 2 is 1.50 bits per heavy atom. The first-order chi connectivity index (χ1) is 11.4. The van der Waals surface area contributed by atoms with Crippen molar-refractivity contribution in [2.45, 2.75) is 13.8 Å². The van der Waals surface area contributed by atoms with E-state index in [0.29, 0.717) is 17.8 Å². The largest absolute Gasteiger partial charge is 0.325 e. The average molecular weight is 325 g/mol. The van der Waals surface area contributed by atoms with E-state index >= 15 is 0 Å². The summed E-state index contributed by atoms with van der Waals surface area (Å²) in [6.45, 7) is 4.24. The molecule has 0 aromatic heterocycles. The molecular formula is C19H23N3O2. The molecule has 2 N–H and O–H groups in total. The lowest BCUT2D eigenvalue weighted by Gasteiger charge is -2.12. The van der Waals surface area contributed by atoms with E-state index in [1.165, 1.54) is 0 Å². The van der Waals surface area contributed by atoms with E-state index in [4.69, 9.17) is 0 Å². The minimum Gasteiger partial charge on any atom is -0.325 e. The van der Waals surface area contributed by atoms with Crippen molar-refractivity contribution in [2.24, 2.45) is 0 Å². The van der Waals surface area contributed by atoms with Crippen molar-refractivity contribution in [1.82, 2.24) is 4.90 Å². The summed E-state index contributed by atoms with van der Waals surface area (Å²) in [4.78, 5) is 25.9. The SMILES string of the molecule is Cc1cccc(C)c1NC(=O)c1ccc(NC(=O)CN(C)C)cc1. The van der Waals surface area contributed by atoms with Crippen LogP contribution in [-0.4, -0.2) is 37.4 Å². The predicted octanol–water partition coefficient (Wildman–Crippen LogP) is 3.06. The molecule has 2 amide bonds. The minimum atomic E-state index is -0.168. The van der Waals surface area contributed by atoms with Gasteiger partial charge in [0, 0.05) is 16.9 Å². The zero-order valence-corrected chi connectivity index (χ0v) is 14.5. The van der Waals surface area contributed by atoms with E-state index in [9.17, 15) is 9.59 Å². The van der Waals surface area contributed by atoms with Gasteiger partial charge in [0.1, 0.15) is 0 Å². The molecule has 0 spiro atoms. The Kier molecular flexibility index (Phi) is 5.71. The van der Waals surface area contributed by atoms with Crippen LogP contribution in [0.5, 0.6) is 0 Å². The molecule has 0 bridgehead atoms. The number of carbonyl (C=O) groups excluding carboxylic acids is 2. The van der Waals surface area contributed by atoms with Crippen LogP contribution in [0.2, 0.25) is 0 Å². The number of anilines is 2. The van der Waals surface area contributed by atoms with Gasteiger partial charge < -0.3 is 15.5 Å². The van der Waals surface area contributed by atoms with Crippen molar-refractivity contribution in [3.05, 3.63) is 59.2 Å². The molecule has 0 fully saturated rings. The van der Waals surface area contributed by atoms with Crippen molar-refractivity contribution >= 4 is 23.2 Å². The summed E-state index contributed by atoms with van der Waals surface area (Å²) in [5.74, 6) is -0.258. The number of para-hydroxylation sites is 1. The molecule has 2 rings (SSSR count). The van der Waals surface area contributed by atoms with E-state index in [1.807, 2.05) is 46.1 Å². The highest BCUT2D eigenvalue weighted by Gasteiger charge is 2.10. The first kappa shape index (κ1) is 17.7. The summed E-state index contributed by atoms with van der Waals surface area (Å²) in [6.07, 6.45) is 0. The van der Waals surface area contributed by atoms with Crippen molar-refractivity contribution in [3.8, 4) is 0 Å². The van der Waals surface area contributed by atoms with Crippen molar-refractivity contribution in [1.29, 1.82) is 0 Å². The summed E-state index contributed by atoms with van der Waals surface area (Å²) in [5, 5.41) is 5.74. The molecular weight excluding hydrogens is 302 g/mol. The standard InChI is InChI=1S/C19H23N3O2/c1-13-6-5-7-14(2)18(13)21-19(24)15-8-10-16(11-9-15)20-17(23)12-22(3)4/h5-11H,12H2,1-4H3,(H,20,23)(H,21,24). The number of carbonyl (C=O) groups is 2. The molecule has 2 aromatic rings. The van der Waals surface area contributed by atoms with Gasteiger partial charge in [-0.05, 0) is 63.3 Å². The van der Waals surface area contributed by atoms with E-state index in [2.05, 4.69) is 10.6 Å². The smallest absolute Gasteiger partial charge is 0.255 e. The number of hydrogen-bond donors (Lipinski definition) is 2. The van der Waals surface area contributed by atoms with Gasteiger partial charge in [-0.15, -0.1) is 0 Å². The molecule has 0 radical (unpaired) electrons. The normalized spacial score (nSPS) is 10.5. The molecule has 0 aliphatic heterocycles. The first-order valence-corrected chi connectivity index (χ1v) is 7.79. The van der Waals surface area contributed by atoms with Crippen LogP contribution in [-0.2, 0) is 4.79 Å². The van der Waals surface area contributed by atoms with Gasteiger partial charge in [-0.2, -0.15) is 0 Å². The van der Waals surface area contributed by atoms with Crippen LogP contribution >= 0.6 is 0 Å². The van der Waals surface area contributed by atoms with Gasteiger partial charge in [-0.25, -0.2) is 0 Å². The minimum absolute atomic E-state index is 0.0901. The molecule has 0 saturated heterocycles. The van der Waals surface area contributed by atoms with Crippen LogP contribution in [0.3, 0.4) is 0 Å². The third kappa shape index (κ3) is 4.67. The molecule has 0 heterocycles. The van der Waals surface area contributed by atoms with E-state index < -0.39 is 0 Å². The summed E-state index contributed by atoms with van der Waals surface area (Å²) in [7, 11) is 3.67. The van der Waals surface area contributed by atoms with Gasteiger partial charge in [0.05, 0.1) is 6.54 Å². The number of likely N-dealkylation sites (N-methyl/N-ethyl adjacent to an activating group) is 1. The maximum absolute atomic E-state index is 12.4. The Morgan fingerprint density at radius 3 is 2.04 bits per heavy atom. The summed E-state index contributed by atoms with van der Waals surface area (Å²) in [6, 6.07) is 12.8. The molecule has 0 unspecified atom stereocenters. The number of aryl methyl sites for hydroxylation is 2. The van der Waals surface area contributed by atoms with E-state index in [1.54, 1.807) is 29.2 Å². The fourth-order valence-electron chi connectivity index (χ4n) is 2.39. The van der Waals surface area contributed by atoms with Crippen LogP contribution in [0.15, 0.2) is 42.5 Å². The van der Waals surface area contributed by atoms with Gasteiger partial charge in [-0.1, -0.05) is 18.2 Å². The van der Waals surface area contributed by atoms with Crippen LogP contribution < -0.4 is 10.6 Å². The zero-order valence-electron chi connectivity index (χ0n) is 14.5. The lowest BCUT2D eigenvalue weighted by atomic mass is 10.1. The highest BCUT2D eigenvalue weighted by atomic mass is 16.2. The lowest BCUT2D eigenvalue weighted by molar-refractivity contribution is -0.116. The van der Waals surface area contributed by atoms with E-state index in [0.717, 1.165) is 16.8 Å². The monoisotopic (exact) mass is 325 g/mol. The lowest BCUT2D eigenvalue weighted by Crippen LogP contribution is -2.27. The van der Waals surface area contributed by atoms with Crippen LogP contribution in [0, 0.1) is 13.8 Å². The molecule has 0 saturated carbocycles. The Bertz CT molecular complexity index is 717. The molecule has 126 valence electrons. The summed E-state index contributed by atoms with van der Waals surface area (Å²) in [5.41, 5.74) is 4.10. The molecule has 5 nitrogen and oxygen atoms in total. The summed E-state index contributed by atoms with van der Waals surface area (Å²) < 4.78 is 0. The number of rotatable bonds is 5. The van der Waals surface area contributed by atoms with Crippen LogP contribution in [0.25, 0.3) is 0 Å². The highest BCUT2D eigenvalue weighted by molar-refractivity contribution is 6.05. The fourth-order valence-corrected chi connectivity index (χ4v) is 2.39. The van der Waals surface area contributed by atoms with Crippen molar-refractivity contribution in [2.75, 3.05) is 31.3 Å². The fraction of sp³-hybridized carbons (Fsp3) is 0.263. The second-order valence-electron chi connectivity index (χ2n) is 6.08. The van der Waals surface area contributed by atoms with Crippen LogP contribution in [0.4, 0.5) is 11.4 Å². The topological polar surface area (TPSA) is 61.4 Å². The maximum Gasteiger partial charge on any atom is 0.255 e. The highest BCUT2D eigenvalue weighted by Crippen LogP contribution is 2.20. The quantitative estimate of drug-likeness (QED) is 0.888. The van der Waals surface area contributed by atoms with Gasteiger partial charge in [0.2, 0.25) is 5.91 Å². The third-order valence-corrected chi connectivity index (χ3v) is 3.61. The van der Waals surface area contributed by atoms with Gasteiger partial charge >= 0.3 is 0 Å². The second kappa shape index (κ2) is 7.75. The maximum atomic E-state index is 12.4. The van der Waals surface area contributed by atoms with Gasteiger partial charge in [-0.3, -0.25) is 9.59 Å².